The molecule has 0 aromatic rings. The second-order valence-electron chi connectivity index (χ2n) is 16.7. The van der Waals surface area contributed by atoms with Gasteiger partial charge in [-0.1, -0.05) is 221 Å². The van der Waals surface area contributed by atoms with Crippen LogP contribution in [0.3, 0.4) is 0 Å². The van der Waals surface area contributed by atoms with E-state index in [9.17, 15) is 14.4 Å². The first-order valence-electron chi connectivity index (χ1n) is 25.7. The van der Waals surface area contributed by atoms with Gasteiger partial charge in [0, 0.05) is 19.3 Å². The van der Waals surface area contributed by atoms with Crippen molar-refractivity contribution in [2.45, 2.75) is 232 Å². The van der Waals surface area contributed by atoms with Crippen molar-refractivity contribution in [2.24, 2.45) is 0 Å². The number of carbonyl (C=O) groups excluding carboxylic acids is 3. The lowest BCUT2D eigenvalue weighted by molar-refractivity contribution is -0.167. The van der Waals surface area contributed by atoms with Crippen molar-refractivity contribution < 1.29 is 28.6 Å². The predicted molar refractivity (Wildman–Crippen MR) is 270 cm³/mol. The van der Waals surface area contributed by atoms with E-state index in [-0.39, 0.29) is 31.1 Å². The van der Waals surface area contributed by atoms with Gasteiger partial charge in [-0.15, -0.1) is 0 Å². The van der Waals surface area contributed by atoms with Crippen molar-refractivity contribution >= 4 is 17.9 Å². The molecule has 0 saturated heterocycles. The van der Waals surface area contributed by atoms with Gasteiger partial charge in [-0.2, -0.15) is 0 Å². The van der Waals surface area contributed by atoms with E-state index in [4.69, 9.17) is 14.2 Å². The summed E-state index contributed by atoms with van der Waals surface area (Å²) in [5, 5.41) is 0. The molecule has 358 valence electrons. The Morgan fingerprint density at radius 1 is 0.333 bits per heavy atom. The van der Waals surface area contributed by atoms with Crippen molar-refractivity contribution in [2.75, 3.05) is 13.2 Å². The minimum atomic E-state index is -0.789. The molecule has 0 rings (SSSR count). The average molecular weight is 875 g/mol. The molecule has 0 fully saturated rings. The lowest BCUT2D eigenvalue weighted by atomic mass is 10.1. The standard InChI is InChI=1S/C57H94O6/c1-4-7-10-13-16-19-20-21-22-23-24-25-26-27-28-29-30-31-32-33-34-35-36-39-41-44-47-50-56(59)62-53-54(63-57(60)51-48-45-42-38-18-15-12-9-6-3)52-61-55(58)49-46-43-40-37-17-14-11-8-5-2/h7,10,16,19,21-22,24-25,27-28,30-31,33-34,36,39,54H,4-6,8-9,11-15,17-18,20,23,26,29,32,35,37-38,40-53H2,1-3H3/b10-7-,19-16-,22-21-,25-24-,28-27-,31-30-,34-33-,39-36-. The van der Waals surface area contributed by atoms with E-state index in [1.54, 1.807) is 0 Å². The Morgan fingerprint density at radius 2 is 0.619 bits per heavy atom. The minimum Gasteiger partial charge on any atom is -0.462 e. The van der Waals surface area contributed by atoms with E-state index < -0.39 is 6.10 Å². The van der Waals surface area contributed by atoms with Gasteiger partial charge < -0.3 is 14.2 Å². The van der Waals surface area contributed by atoms with Gasteiger partial charge in [0.25, 0.3) is 0 Å². The molecule has 0 bridgehead atoms. The minimum absolute atomic E-state index is 0.0896. The maximum Gasteiger partial charge on any atom is 0.306 e. The molecule has 0 saturated carbocycles. The number of allylic oxidation sites excluding steroid dienone is 16. The van der Waals surface area contributed by atoms with Crippen molar-refractivity contribution in [1.29, 1.82) is 0 Å². The van der Waals surface area contributed by atoms with Gasteiger partial charge in [-0.3, -0.25) is 14.4 Å². The van der Waals surface area contributed by atoms with Gasteiger partial charge in [0.05, 0.1) is 0 Å². The van der Waals surface area contributed by atoms with Gasteiger partial charge in [-0.05, 0) is 83.5 Å². The monoisotopic (exact) mass is 875 g/mol. The number of ether oxygens (including phenoxy) is 3. The summed E-state index contributed by atoms with van der Waals surface area (Å²) in [4.78, 5) is 37.7. The molecule has 0 aliphatic heterocycles. The number of unbranched alkanes of at least 4 members (excludes halogenated alkanes) is 18. The number of hydrogen-bond donors (Lipinski definition) is 0. The normalized spacial score (nSPS) is 12.9. The SMILES string of the molecule is CC/C=C\C/C=C\C/C=C\C/C=C\C/C=C\C/C=C\C/C=C\C/C=C\CCCCC(=O)OCC(COC(=O)CCCCCCCCCCC)OC(=O)CCCCCCCCCCC. The molecule has 0 aromatic carbocycles. The van der Waals surface area contributed by atoms with Gasteiger partial charge in [0.1, 0.15) is 13.2 Å². The van der Waals surface area contributed by atoms with E-state index in [1.165, 1.54) is 77.0 Å². The number of rotatable bonds is 45. The van der Waals surface area contributed by atoms with Gasteiger partial charge in [-0.25, -0.2) is 0 Å². The van der Waals surface area contributed by atoms with Crippen LogP contribution in [0.25, 0.3) is 0 Å². The molecular formula is C57H94O6. The summed E-state index contributed by atoms with van der Waals surface area (Å²) in [6.07, 6.45) is 67.0. The fraction of sp³-hybridized carbons (Fsp3) is 0.667. The first-order valence-corrected chi connectivity index (χ1v) is 25.7. The molecule has 0 aliphatic carbocycles. The number of carbonyl (C=O) groups is 3. The second-order valence-corrected chi connectivity index (χ2v) is 16.7. The zero-order valence-corrected chi connectivity index (χ0v) is 40.8. The van der Waals surface area contributed by atoms with E-state index >= 15 is 0 Å². The van der Waals surface area contributed by atoms with Crippen LogP contribution in [-0.4, -0.2) is 37.2 Å². The summed E-state index contributed by atoms with van der Waals surface area (Å²) in [6.45, 7) is 6.43. The number of hydrogen-bond acceptors (Lipinski definition) is 6. The van der Waals surface area contributed by atoms with E-state index in [0.717, 1.165) is 109 Å². The summed E-state index contributed by atoms with van der Waals surface area (Å²) in [5.74, 6) is -0.945. The Kier molecular flexibility index (Phi) is 48.0. The molecule has 0 radical (unpaired) electrons. The summed E-state index contributed by atoms with van der Waals surface area (Å²) < 4.78 is 16.7. The lowest BCUT2D eigenvalue weighted by Crippen LogP contribution is -2.30. The molecule has 6 nitrogen and oxygen atoms in total. The molecule has 1 unspecified atom stereocenters. The predicted octanol–water partition coefficient (Wildman–Crippen LogP) is 17.0. The maximum atomic E-state index is 12.7. The fourth-order valence-electron chi connectivity index (χ4n) is 6.75. The molecule has 1 atom stereocenters. The summed E-state index contributed by atoms with van der Waals surface area (Å²) >= 11 is 0. The van der Waals surface area contributed by atoms with Crippen LogP contribution in [0.15, 0.2) is 97.2 Å². The zero-order valence-electron chi connectivity index (χ0n) is 40.8. The van der Waals surface area contributed by atoms with Gasteiger partial charge in [0.15, 0.2) is 6.10 Å². The van der Waals surface area contributed by atoms with E-state index in [1.807, 2.05) is 0 Å². The first kappa shape index (κ1) is 59.3. The third-order valence-corrected chi connectivity index (χ3v) is 10.6. The smallest absolute Gasteiger partial charge is 0.306 e. The average Bonchev–Trinajstić information content (AvgIpc) is 3.28. The van der Waals surface area contributed by atoms with Crippen LogP contribution in [-0.2, 0) is 28.6 Å². The quantitative estimate of drug-likeness (QED) is 0.0262. The lowest BCUT2D eigenvalue weighted by Gasteiger charge is -2.18. The highest BCUT2D eigenvalue weighted by atomic mass is 16.6. The molecule has 0 N–H and O–H groups in total. The summed E-state index contributed by atoms with van der Waals surface area (Å²) in [6, 6.07) is 0. The zero-order chi connectivity index (χ0) is 45.8. The molecule has 0 aliphatic rings. The Labute approximate surface area is 387 Å². The molecule has 6 heteroatoms. The van der Waals surface area contributed by atoms with Crippen LogP contribution < -0.4 is 0 Å². The third kappa shape index (κ3) is 49.2. The Morgan fingerprint density at radius 3 is 0.968 bits per heavy atom. The molecule has 0 heterocycles. The largest absolute Gasteiger partial charge is 0.462 e. The fourth-order valence-corrected chi connectivity index (χ4v) is 6.75. The van der Waals surface area contributed by atoms with E-state index in [2.05, 4.69) is 118 Å². The van der Waals surface area contributed by atoms with Crippen LogP contribution in [0.4, 0.5) is 0 Å². The maximum absolute atomic E-state index is 12.7. The summed E-state index contributed by atoms with van der Waals surface area (Å²) in [5.41, 5.74) is 0. The van der Waals surface area contributed by atoms with Crippen LogP contribution in [0, 0.1) is 0 Å². The highest BCUT2D eigenvalue weighted by molar-refractivity contribution is 5.71. The Hall–Kier alpha value is -3.67. The Bertz CT molecular complexity index is 1280. The topological polar surface area (TPSA) is 78.9 Å². The molecule has 0 spiro atoms. The van der Waals surface area contributed by atoms with Crippen molar-refractivity contribution in [3.05, 3.63) is 97.2 Å². The van der Waals surface area contributed by atoms with E-state index in [0.29, 0.717) is 19.3 Å². The highest BCUT2D eigenvalue weighted by Crippen LogP contribution is 2.14. The van der Waals surface area contributed by atoms with Gasteiger partial charge >= 0.3 is 17.9 Å². The second kappa shape index (κ2) is 51.0. The van der Waals surface area contributed by atoms with Crippen molar-refractivity contribution in [3.8, 4) is 0 Å². The van der Waals surface area contributed by atoms with Crippen LogP contribution in [0.2, 0.25) is 0 Å². The van der Waals surface area contributed by atoms with Gasteiger partial charge in [0.2, 0.25) is 0 Å². The molecular weight excluding hydrogens is 781 g/mol. The summed E-state index contributed by atoms with van der Waals surface area (Å²) in [7, 11) is 0. The molecule has 0 amide bonds. The van der Waals surface area contributed by atoms with Crippen LogP contribution in [0.5, 0.6) is 0 Å². The first-order chi connectivity index (χ1) is 31.0. The Balaban J connectivity index is 4.29. The van der Waals surface area contributed by atoms with Crippen molar-refractivity contribution in [1.82, 2.24) is 0 Å². The third-order valence-electron chi connectivity index (χ3n) is 10.6. The van der Waals surface area contributed by atoms with Crippen LogP contribution in [0.1, 0.15) is 226 Å². The number of esters is 3. The van der Waals surface area contributed by atoms with Crippen LogP contribution >= 0.6 is 0 Å². The molecule has 0 aromatic heterocycles. The molecule has 63 heavy (non-hydrogen) atoms. The highest BCUT2D eigenvalue weighted by Gasteiger charge is 2.19. The van der Waals surface area contributed by atoms with Crippen molar-refractivity contribution in [3.63, 3.8) is 0 Å².